The smallest absolute Gasteiger partial charge is 0.00388 e. The van der Waals surface area contributed by atoms with Gasteiger partial charge in [0.25, 0.3) is 0 Å². The summed E-state index contributed by atoms with van der Waals surface area (Å²) >= 11 is 0. The molecule has 1 heterocycles. The Labute approximate surface area is 80.8 Å². The first-order valence-electron chi connectivity index (χ1n) is 5.68. The molecule has 0 spiro atoms. The second-order valence-corrected chi connectivity index (χ2v) is 5.32. The SMILES string of the molecule is CC(C)N1CC2C3C=CC(C3)C2C1. The molecule has 4 atom stereocenters. The summed E-state index contributed by atoms with van der Waals surface area (Å²) in [5, 5.41) is 0. The fraction of sp³-hybridized carbons (Fsp3) is 0.833. The van der Waals surface area contributed by atoms with Gasteiger partial charge in [0, 0.05) is 19.1 Å². The fourth-order valence-corrected chi connectivity index (χ4v) is 3.61. The number of likely N-dealkylation sites (tertiary alicyclic amines) is 1. The van der Waals surface area contributed by atoms with E-state index in [2.05, 4.69) is 30.9 Å². The van der Waals surface area contributed by atoms with Crippen molar-refractivity contribution in [2.75, 3.05) is 13.1 Å². The van der Waals surface area contributed by atoms with Gasteiger partial charge in [-0.3, -0.25) is 0 Å². The lowest BCUT2D eigenvalue weighted by Crippen LogP contribution is -2.29. The monoisotopic (exact) mass is 177 g/mol. The highest BCUT2D eigenvalue weighted by molar-refractivity contribution is 5.16. The van der Waals surface area contributed by atoms with Crippen LogP contribution in [0.2, 0.25) is 0 Å². The second kappa shape index (κ2) is 2.60. The number of hydrogen-bond acceptors (Lipinski definition) is 1. The Balaban J connectivity index is 1.79. The van der Waals surface area contributed by atoms with Gasteiger partial charge in [-0.05, 0) is 43.9 Å². The minimum absolute atomic E-state index is 0.755. The van der Waals surface area contributed by atoms with Crippen LogP contribution in [0.25, 0.3) is 0 Å². The van der Waals surface area contributed by atoms with Crippen molar-refractivity contribution in [3.63, 3.8) is 0 Å². The van der Waals surface area contributed by atoms with E-state index in [1.165, 1.54) is 19.5 Å². The van der Waals surface area contributed by atoms with Crippen molar-refractivity contribution in [3.05, 3.63) is 12.2 Å². The lowest BCUT2D eigenvalue weighted by atomic mass is 9.86. The maximum Gasteiger partial charge on any atom is 0.00388 e. The van der Waals surface area contributed by atoms with E-state index in [0.29, 0.717) is 0 Å². The van der Waals surface area contributed by atoms with Crippen LogP contribution >= 0.6 is 0 Å². The van der Waals surface area contributed by atoms with Gasteiger partial charge in [0.15, 0.2) is 0 Å². The summed E-state index contributed by atoms with van der Waals surface area (Å²) in [5.41, 5.74) is 0. The lowest BCUT2D eigenvalue weighted by molar-refractivity contribution is 0.245. The molecule has 1 aliphatic heterocycles. The van der Waals surface area contributed by atoms with Crippen LogP contribution in [0.15, 0.2) is 12.2 Å². The van der Waals surface area contributed by atoms with Gasteiger partial charge < -0.3 is 4.90 Å². The number of rotatable bonds is 1. The van der Waals surface area contributed by atoms with Crippen molar-refractivity contribution in [2.24, 2.45) is 23.7 Å². The third kappa shape index (κ3) is 1.03. The zero-order valence-electron chi connectivity index (χ0n) is 8.61. The molecule has 2 fully saturated rings. The Morgan fingerprint density at radius 2 is 1.62 bits per heavy atom. The third-order valence-electron chi connectivity index (χ3n) is 4.42. The molecule has 2 aliphatic carbocycles. The molecule has 1 heteroatoms. The van der Waals surface area contributed by atoms with E-state index in [1.807, 2.05) is 0 Å². The molecule has 13 heavy (non-hydrogen) atoms. The highest BCUT2D eigenvalue weighted by Gasteiger charge is 2.49. The Hall–Kier alpha value is -0.300. The molecule has 0 aromatic heterocycles. The number of allylic oxidation sites excluding steroid dienone is 2. The molecule has 1 saturated carbocycles. The third-order valence-corrected chi connectivity index (χ3v) is 4.42. The molecular weight excluding hydrogens is 158 g/mol. The van der Waals surface area contributed by atoms with Gasteiger partial charge in [-0.1, -0.05) is 12.2 Å². The second-order valence-electron chi connectivity index (χ2n) is 5.32. The summed E-state index contributed by atoms with van der Waals surface area (Å²) in [4.78, 5) is 2.67. The summed E-state index contributed by atoms with van der Waals surface area (Å²) in [7, 11) is 0. The summed E-state index contributed by atoms with van der Waals surface area (Å²) in [6.45, 7) is 7.40. The van der Waals surface area contributed by atoms with Gasteiger partial charge in [0.1, 0.15) is 0 Å². The molecule has 0 aromatic carbocycles. The first kappa shape index (κ1) is 8.05. The Bertz CT molecular complexity index is 224. The average Bonchev–Trinajstić information content (AvgIpc) is 2.76. The largest absolute Gasteiger partial charge is 0.300 e. The maximum absolute atomic E-state index is 2.67. The summed E-state index contributed by atoms with van der Waals surface area (Å²) in [6, 6.07) is 0.755. The standard InChI is InChI=1S/C12H19N/c1-8(2)13-6-11-9-3-4-10(5-9)12(11)7-13/h3-4,8-12H,5-7H2,1-2H3. The van der Waals surface area contributed by atoms with Gasteiger partial charge in [-0.25, -0.2) is 0 Å². The molecule has 4 unspecified atom stereocenters. The van der Waals surface area contributed by atoms with Crippen molar-refractivity contribution < 1.29 is 0 Å². The zero-order valence-corrected chi connectivity index (χ0v) is 8.61. The highest BCUT2D eigenvalue weighted by atomic mass is 15.2. The van der Waals surface area contributed by atoms with Crippen molar-refractivity contribution in [1.29, 1.82) is 0 Å². The normalized spacial score (nSPS) is 47.9. The Morgan fingerprint density at radius 1 is 1.08 bits per heavy atom. The van der Waals surface area contributed by atoms with Crippen molar-refractivity contribution >= 4 is 0 Å². The van der Waals surface area contributed by atoms with E-state index in [0.717, 1.165) is 29.7 Å². The van der Waals surface area contributed by atoms with Crippen LogP contribution in [-0.2, 0) is 0 Å². The van der Waals surface area contributed by atoms with E-state index in [-0.39, 0.29) is 0 Å². The van der Waals surface area contributed by atoms with Crippen LogP contribution in [-0.4, -0.2) is 24.0 Å². The van der Waals surface area contributed by atoms with Crippen molar-refractivity contribution in [1.82, 2.24) is 4.90 Å². The van der Waals surface area contributed by atoms with Gasteiger partial charge in [0.2, 0.25) is 0 Å². The first-order chi connectivity index (χ1) is 6.25. The van der Waals surface area contributed by atoms with Crippen molar-refractivity contribution in [2.45, 2.75) is 26.3 Å². The Kier molecular flexibility index (Phi) is 1.61. The number of hydrogen-bond donors (Lipinski definition) is 0. The van der Waals surface area contributed by atoms with E-state index in [9.17, 15) is 0 Å². The van der Waals surface area contributed by atoms with E-state index >= 15 is 0 Å². The number of nitrogens with zero attached hydrogens (tertiary/aromatic N) is 1. The maximum atomic E-state index is 2.67. The summed E-state index contributed by atoms with van der Waals surface area (Å²) < 4.78 is 0. The fourth-order valence-electron chi connectivity index (χ4n) is 3.61. The minimum Gasteiger partial charge on any atom is -0.300 e. The van der Waals surface area contributed by atoms with E-state index in [4.69, 9.17) is 0 Å². The van der Waals surface area contributed by atoms with Crippen LogP contribution in [0.4, 0.5) is 0 Å². The molecule has 0 amide bonds. The summed E-state index contributed by atoms with van der Waals surface area (Å²) in [6.07, 6.45) is 6.44. The van der Waals surface area contributed by atoms with Gasteiger partial charge in [-0.2, -0.15) is 0 Å². The van der Waals surface area contributed by atoms with Crippen molar-refractivity contribution in [3.8, 4) is 0 Å². The molecule has 1 nitrogen and oxygen atoms in total. The number of fused-ring (bicyclic) bond motifs is 5. The quantitative estimate of drug-likeness (QED) is 0.555. The van der Waals surface area contributed by atoms with Gasteiger partial charge in [-0.15, -0.1) is 0 Å². The topological polar surface area (TPSA) is 3.24 Å². The molecule has 72 valence electrons. The van der Waals surface area contributed by atoms with Crippen LogP contribution in [0.3, 0.4) is 0 Å². The molecule has 0 aromatic rings. The van der Waals surface area contributed by atoms with Gasteiger partial charge >= 0.3 is 0 Å². The molecule has 0 N–H and O–H groups in total. The Morgan fingerprint density at radius 3 is 2.08 bits per heavy atom. The molecular formula is C12H19N. The molecule has 3 aliphatic rings. The zero-order chi connectivity index (χ0) is 9.00. The molecule has 2 bridgehead atoms. The summed E-state index contributed by atoms with van der Waals surface area (Å²) in [5.74, 6) is 3.91. The average molecular weight is 177 g/mol. The first-order valence-corrected chi connectivity index (χ1v) is 5.68. The predicted octanol–water partition coefficient (Wildman–Crippen LogP) is 2.15. The van der Waals surface area contributed by atoms with Crippen LogP contribution < -0.4 is 0 Å². The van der Waals surface area contributed by atoms with Gasteiger partial charge in [0.05, 0.1) is 0 Å². The predicted molar refractivity (Wildman–Crippen MR) is 54.4 cm³/mol. The molecule has 0 radical (unpaired) electrons. The minimum atomic E-state index is 0.755. The molecule has 3 rings (SSSR count). The molecule has 1 saturated heterocycles. The van der Waals surface area contributed by atoms with Crippen LogP contribution in [0.5, 0.6) is 0 Å². The van der Waals surface area contributed by atoms with Crippen LogP contribution in [0.1, 0.15) is 20.3 Å². The van der Waals surface area contributed by atoms with Crippen LogP contribution in [0, 0.1) is 23.7 Å². The lowest BCUT2D eigenvalue weighted by Gasteiger charge is -2.22. The van der Waals surface area contributed by atoms with E-state index in [1.54, 1.807) is 0 Å². The van der Waals surface area contributed by atoms with E-state index < -0.39 is 0 Å². The highest BCUT2D eigenvalue weighted by Crippen LogP contribution is 2.51.